The fourth-order valence-corrected chi connectivity index (χ4v) is 1.29. The molecule has 1 N–H and O–H groups in total. The van der Waals surface area contributed by atoms with E-state index in [1.54, 1.807) is 13.8 Å². The summed E-state index contributed by atoms with van der Waals surface area (Å²) in [4.78, 5) is 10.4. The van der Waals surface area contributed by atoms with Crippen LogP contribution in [0, 0.1) is 5.41 Å². The number of alkyl halides is 1. The summed E-state index contributed by atoms with van der Waals surface area (Å²) < 4.78 is 13.6. The molecule has 0 heterocycles. The molecular formula is C10H17FO2S. The van der Waals surface area contributed by atoms with Crippen LogP contribution in [0.5, 0.6) is 0 Å². The van der Waals surface area contributed by atoms with Gasteiger partial charge in [-0.15, -0.1) is 0 Å². The van der Waals surface area contributed by atoms with E-state index >= 15 is 0 Å². The van der Waals surface area contributed by atoms with Crippen molar-refractivity contribution in [3.8, 4) is 0 Å². The van der Waals surface area contributed by atoms with Gasteiger partial charge in [-0.2, -0.15) is 0 Å². The lowest BCUT2D eigenvalue weighted by Gasteiger charge is -2.27. The van der Waals surface area contributed by atoms with E-state index in [0.717, 1.165) is 12.8 Å². The Labute approximate surface area is 89.5 Å². The van der Waals surface area contributed by atoms with E-state index in [2.05, 4.69) is 0 Å². The van der Waals surface area contributed by atoms with Gasteiger partial charge in [0.1, 0.15) is 11.0 Å². The number of carboxylic acid groups (broad SMARTS) is 1. The highest BCUT2D eigenvalue weighted by Gasteiger charge is 2.36. The third-order valence-corrected chi connectivity index (χ3v) is 3.07. The van der Waals surface area contributed by atoms with Crippen LogP contribution in [0.3, 0.4) is 0 Å². The lowest BCUT2D eigenvalue weighted by Crippen LogP contribution is -2.37. The van der Waals surface area contributed by atoms with Crippen LogP contribution in [0.15, 0.2) is 0 Å². The van der Waals surface area contributed by atoms with Crippen molar-refractivity contribution in [3.05, 3.63) is 0 Å². The Hall–Kier alpha value is -0.510. The maximum Gasteiger partial charge on any atom is 0.343 e. The van der Waals surface area contributed by atoms with Crippen molar-refractivity contribution in [2.45, 2.75) is 46.2 Å². The molecule has 0 rings (SSSR count). The van der Waals surface area contributed by atoms with Crippen molar-refractivity contribution >= 4 is 23.1 Å². The number of carboxylic acids is 1. The number of hydrogen-bond donors (Lipinski definition) is 1. The predicted octanol–water partition coefficient (Wildman–Crippen LogP) is 3.00. The average Bonchev–Trinajstić information content (AvgIpc) is 2.12. The molecule has 82 valence electrons. The summed E-state index contributed by atoms with van der Waals surface area (Å²) in [5.74, 6) is -1.19. The van der Waals surface area contributed by atoms with E-state index in [1.165, 1.54) is 0 Å². The van der Waals surface area contributed by atoms with Gasteiger partial charge in [-0.3, -0.25) is 0 Å². The Morgan fingerprint density at radius 1 is 1.57 bits per heavy atom. The quantitative estimate of drug-likeness (QED) is 0.699. The Morgan fingerprint density at radius 3 is 2.43 bits per heavy atom. The van der Waals surface area contributed by atoms with Crippen LogP contribution < -0.4 is 0 Å². The topological polar surface area (TPSA) is 37.3 Å². The molecule has 0 fully saturated rings. The van der Waals surface area contributed by atoms with Crippen molar-refractivity contribution in [2.75, 3.05) is 0 Å². The van der Waals surface area contributed by atoms with E-state index in [0.29, 0.717) is 6.42 Å². The van der Waals surface area contributed by atoms with Gasteiger partial charge in [-0.25, -0.2) is 9.18 Å². The molecule has 0 aliphatic rings. The van der Waals surface area contributed by atoms with Gasteiger partial charge in [0, 0.05) is 5.41 Å². The molecule has 0 aliphatic carbocycles. The van der Waals surface area contributed by atoms with Crippen molar-refractivity contribution < 1.29 is 14.3 Å². The van der Waals surface area contributed by atoms with Gasteiger partial charge in [-0.05, 0) is 6.42 Å². The summed E-state index contributed by atoms with van der Waals surface area (Å²) >= 11 is 4.70. The second-order valence-electron chi connectivity index (χ2n) is 3.97. The number of hydrogen-bond acceptors (Lipinski definition) is 2. The molecule has 0 aromatic rings. The molecule has 0 aromatic carbocycles. The Kier molecular flexibility index (Phi) is 5.19. The number of carbonyl (C=O) groups is 1. The first-order chi connectivity index (χ1) is 6.34. The first-order valence-corrected chi connectivity index (χ1v) is 5.16. The van der Waals surface area contributed by atoms with E-state index in [-0.39, 0.29) is 4.86 Å². The third kappa shape index (κ3) is 3.33. The summed E-state index contributed by atoms with van der Waals surface area (Å²) in [6, 6.07) is 0. The number of rotatable bonds is 6. The molecule has 4 heteroatoms. The van der Waals surface area contributed by atoms with Gasteiger partial charge < -0.3 is 5.11 Å². The number of halogens is 1. The zero-order valence-corrected chi connectivity index (χ0v) is 9.66. The van der Waals surface area contributed by atoms with E-state index < -0.39 is 17.6 Å². The minimum Gasteiger partial charge on any atom is -0.477 e. The monoisotopic (exact) mass is 220 g/mol. The van der Waals surface area contributed by atoms with Gasteiger partial charge >= 0.3 is 5.97 Å². The largest absolute Gasteiger partial charge is 0.477 e. The summed E-state index contributed by atoms with van der Waals surface area (Å²) in [5, 5.41) is 8.68. The van der Waals surface area contributed by atoms with Gasteiger partial charge in [0.25, 0.3) is 0 Å². The maximum absolute atomic E-state index is 13.6. The van der Waals surface area contributed by atoms with E-state index in [9.17, 15) is 9.18 Å². The number of unbranched alkanes of at least 4 members (excludes halogenated alkanes) is 1. The molecule has 0 saturated heterocycles. The molecule has 0 bridgehead atoms. The highest BCUT2D eigenvalue weighted by molar-refractivity contribution is 7.82. The summed E-state index contributed by atoms with van der Waals surface area (Å²) in [6.07, 6.45) is 0.853. The van der Waals surface area contributed by atoms with Crippen LogP contribution in [0.25, 0.3) is 0 Å². The lowest BCUT2D eigenvalue weighted by molar-refractivity contribution is -0.129. The van der Waals surface area contributed by atoms with Crippen molar-refractivity contribution in [2.24, 2.45) is 5.41 Å². The fourth-order valence-electron chi connectivity index (χ4n) is 1.16. The predicted molar refractivity (Wildman–Crippen MR) is 58.4 cm³/mol. The van der Waals surface area contributed by atoms with Crippen LogP contribution in [0.1, 0.15) is 40.0 Å². The van der Waals surface area contributed by atoms with Crippen LogP contribution in [-0.2, 0) is 4.79 Å². The maximum atomic E-state index is 13.6. The molecule has 1 unspecified atom stereocenters. The van der Waals surface area contributed by atoms with Gasteiger partial charge in [0.2, 0.25) is 0 Å². The molecule has 14 heavy (non-hydrogen) atoms. The summed E-state index contributed by atoms with van der Waals surface area (Å²) in [6.45, 7) is 5.06. The Morgan fingerprint density at radius 2 is 2.07 bits per heavy atom. The standard InChI is InChI=1S/C10H17FO2S/c1-4-5-6-7(11)10(2,3)8(14)9(12)13/h7H,4-6H2,1-3H3,(H,12,13). The molecule has 0 spiro atoms. The second kappa shape index (κ2) is 5.39. The minimum absolute atomic E-state index is 0.221. The molecule has 0 aromatic heterocycles. The zero-order valence-electron chi connectivity index (χ0n) is 8.84. The normalized spacial score (nSPS) is 13.7. The van der Waals surface area contributed by atoms with E-state index in [1.807, 2.05) is 6.92 Å². The average molecular weight is 220 g/mol. The van der Waals surface area contributed by atoms with Gasteiger partial charge in [0.05, 0.1) is 0 Å². The van der Waals surface area contributed by atoms with Gasteiger partial charge in [0.15, 0.2) is 0 Å². The molecule has 2 nitrogen and oxygen atoms in total. The first kappa shape index (κ1) is 13.5. The molecule has 0 saturated carbocycles. The van der Waals surface area contributed by atoms with E-state index in [4.69, 9.17) is 17.3 Å². The van der Waals surface area contributed by atoms with Crippen LogP contribution in [-0.4, -0.2) is 22.1 Å². The summed E-state index contributed by atoms with van der Waals surface area (Å²) in [7, 11) is 0. The first-order valence-electron chi connectivity index (χ1n) is 4.75. The third-order valence-electron chi connectivity index (χ3n) is 2.37. The minimum atomic E-state index is -1.19. The highest BCUT2D eigenvalue weighted by atomic mass is 32.1. The SMILES string of the molecule is CCCCC(F)C(C)(C)C(=S)C(=O)O. The highest BCUT2D eigenvalue weighted by Crippen LogP contribution is 2.29. The lowest BCUT2D eigenvalue weighted by atomic mass is 9.81. The molecule has 0 amide bonds. The van der Waals surface area contributed by atoms with Crippen molar-refractivity contribution in [1.82, 2.24) is 0 Å². The van der Waals surface area contributed by atoms with Crippen molar-refractivity contribution in [3.63, 3.8) is 0 Å². The Bertz CT molecular complexity index is 226. The summed E-state index contributed by atoms with van der Waals surface area (Å²) in [5.41, 5.74) is -1.05. The molecule has 0 radical (unpaired) electrons. The van der Waals surface area contributed by atoms with Crippen molar-refractivity contribution in [1.29, 1.82) is 0 Å². The van der Waals surface area contributed by atoms with Crippen LogP contribution in [0.2, 0.25) is 0 Å². The number of thiocarbonyl (C=S) groups is 1. The molecule has 0 aliphatic heterocycles. The zero-order chi connectivity index (χ0) is 11.4. The Balaban J connectivity index is 4.43. The smallest absolute Gasteiger partial charge is 0.343 e. The van der Waals surface area contributed by atoms with Gasteiger partial charge in [-0.1, -0.05) is 45.8 Å². The van der Waals surface area contributed by atoms with Crippen LogP contribution >= 0.6 is 12.2 Å². The number of aliphatic carboxylic acids is 1. The molecular weight excluding hydrogens is 203 g/mol. The fraction of sp³-hybridized carbons (Fsp3) is 0.800. The second-order valence-corrected chi connectivity index (χ2v) is 4.37. The molecule has 1 atom stereocenters. The van der Waals surface area contributed by atoms with Crippen LogP contribution in [0.4, 0.5) is 4.39 Å².